The van der Waals surface area contributed by atoms with Gasteiger partial charge in [-0.25, -0.2) is 0 Å². The van der Waals surface area contributed by atoms with Gasteiger partial charge in [0.25, 0.3) is 0 Å². The van der Waals surface area contributed by atoms with Crippen LogP contribution in [0.2, 0.25) is 0 Å². The van der Waals surface area contributed by atoms with E-state index in [0.717, 1.165) is 38.5 Å². The Kier molecular flexibility index (Phi) is 3.01. The van der Waals surface area contributed by atoms with Gasteiger partial charge in [-0.1, -0.05) is 18.6 Å². The molecule has 4 rings (SSSR count). The molecule has 3 nitrogen and oxygen atoms in total. The highest BCUT2D eigenvalue weighted by molar-refractivity contribution is 5.88. The van der Waals surface area contributed by atoms with E-state index < -0.39 is 11.0 Å². The summed E-state index contributed by atoms with van der Waals surface area (Å²) in [6.45, 7) is 4.34. The quantitative estimate of drug-likeness (QED) is 0.676. The number of Topliss-reactive ketones (excluding diaryl/α,β-unsaturated/α-hetero) is 1. The zero-order valence-corrected chi connectivity index (χ0v) is 13.8. The van der Waals surface area contributed by atoms with E-state index in [1.165, 1.54) is 5.57 Å². The van der Waals surface area contributed by atoms with Crippen LogP contribution < -0.4 is 0 Å². The molecule has 4 aliphatic rings. The number of aliphatic hydroxyl groups is 2. The van der Waals surface area contributed by atoms with Crippen molar-refractivity contribution in [2.45, 2.75) is 76.9 Å². The summed E-state index contributed by atoms with van der Waals surface area (Å²) < 4.78 is 0. The first-order valence-electron chi connectivity index (χ1n) is 8.94. The average molecular weight is 304 g/mol. The Morgan fingerprint density at radius 1 is 1.14 bits per heavy atom. The number of hydrogen-bond donors (Lipinski definition) is 2. The second-order valence-corrected chi connectivity index (χ2v) is 8.71. The maximum Gasteiger partial charge on any atom is 0.141 e. The SMILES string of the molecule is C[C@]12CC[C@H](O)CC1=CC[C@@H]1[C@@H]2CC[C@]2(C)C(=O)CC[C@@]12O. The summed E-state index contributed by atoms with van der Waals surface area (Å²) in [5.74, 6) is 0.943. The Morgan fingerprint density at radius 2 is 1.91 bits per heavy atom. The van der Waals surface area contributed by atoms with E-state index in [-0.39, 0.29) is 23.2 Å². The van der Waals surface area contributed by atoms with Gasteiger partial charge < -0.3 is 10.2 Å². The van der Waals surface area contributed by atoms with Gasteiger partial charge in [0.1, 0.15) is 5.78 Å². The van der Waals surface area contributed by atoms with E-state index in [1.54, 1.807) is 0 Å². The second kappa shape index (κ2) is 4.45. The first-order valence-corrected chi connectivity index (χ1v) is 8.94. The molecule has 122 valence electrons. The van der Waals surface area contributed by atoms with Crippen LogP contribution >= 0.6 is 0 Å². The molecule has 0 heterocycles. The molecule has 0 spiro atoms. The lowest BCUT2D eigenvalue weighted by molar-refractivity contribution is -0.175. The third kappa shape index (κ3) is 1.62. The van der Waals surface area contributed by atoms with Crippen LogP contribution in [0.5, 0.6) is 0 Å². The maximum absolute atomic E-state index is 12.4. The number of rotatable bonds is 0. The molecule has 0 aliphatic heterocycles. The van der Waals surface area contributed by atoms with Crippen LogP contribution in [0.25, 0.3) is 0 Å². The van der Waals surface area contributed by atoms with Gasteiger partial charge in [0.05, 0.1) is 17.1 Å². The van der Waals surface area contributed by atoms with Crippen molar-refractivity contribution in [3.05, 3.63) is 11.6 Å². The standard InChI is InChI=1S/C19H28O3/c1-17-8-5-13(20)11-12(17)3-4-15-14(17)6-9-18(2)16(21)7-10-19(15,18)22/h3,13-15,20,22H,4-11H2,1-2H3/t13-,14-,15+,17-,18+,19+/m0/s1. The molecule has 2 N–H and O–H groups in total. The van der Waals surface area contributed by atoms with Gasteiger partial charge in [-0.15, -0.1) is 0 Å². The van der Waals surface area contributed by atoms with Crippen molar-refractivity contribution in [3.8, 4) is 0 Å². The third-order valence-electron chi connectivity index (χ3n) is 7.98. The smallest absolute Gasteiger partial charge is 0.141 e. The average Bonchev–Trinajstić information content (AvgIpc) is 2.72. The van der Waals surface area contributed by atoms with Crippen LogP contribution in [0.15, 0.2) is 11.6 Å². The van der Waals surface area contributed by atoms with Crippen molar-refractivity contribution in [1.29, 1.82) is 0 Å². The Labute approximate surface area is 132 Å². The Bertz CT molecular complexity index is 553. The fraction of sp³-hybridized carbons (Fsp3) is 0.842. The molecule has 0 aromatic heterocycles. The van der Waals surface area contributed by atoms with Crippen LogP contribution in [0, 0.1) is 22.7 Å². The molecule has 6 atom stereocenters. The van der Waals surface area contributed by atoms with Crippen molar-refractivity contribution in [1.82, 2.24) is 0 Å². The lowest BCUT2D eigenvalue weighted by atomic mass is 9.46. The summed E-state index contributed by atoms with van der Waals surface area (Å²) >= 11 is 0. The molecule has 0 amide bonds. The van der Waals surface area contributed by atoms with E-state index in [4.69, 9.17) is 0 Å². The van der Waals surface area contributed by atoms with E-state index >= 15 is 0 Å². The van der Waals surface area contributed by atoms with Gasteiger partial charge in [0.2, 0.25) is 0 Å². The summed E-state index contributed by atoms with van der Waals surface area (Å²) in [7, 11) is 0. The monoisotopic (exact) mass is 304 g/mol. The maximum atomic E-state index is 12.4. The zero-order valence-electron chi connectivity index (χ0n) is 13.8. The first kappa shape index (κ1) is 14.9. The Balaban J connectivity index is 1.75. The minimum Gasteiger partial charge on any atom is -0.393 e. The van der Waals surface area contributed by atoms with Gasteiger partial charge in [-0.05, 0) is 69.1 Å². The predicted octanol–water partition coefficient (Wildman–Crippen LogP) is 2.99. The number of aliphatic hydroxyl groups excluding tert-OH is 1. The summed E-state index contributed by atoms with van der Waals surface area (Å²) in [6.07, 6.45) is 8.71. The summed E-state index contributed by atoms with van der Waals surface area (Å²) in [5, 5.41) is 21.5. The Hall–Kier alpha value is -0.670. The number of carbonyl (C=O) groups is 1. The molecule has 22 heavy (non-hydrogen) atoms. The van der Waals surface area contributed by atoms with Crippen LogP contribution in [0.1, 0.15) is 65.2 Å². The van der Waals surface area contributed by atoms with Crippen molar-refractivity contribution < 1.29 is 15.0 Å². The van der Waals surface area contributed by atoms with Gasteiger partial charge in [-0.3, -0.25) is 4.79 Å². The molecule has 4 aliphatic carbocycles. The third-order valence-corrected chi connectivity index (χ3v) is 7.98. The molecule has 3 heteroatoms. The van der Waals surface area contributed by atoms with Gasteiger partial charge in [0.15, 0.2) is 0 Å². The molecule has 0 aromatic carbocycles. The van der Waals surface area contributed by atoms with Crippen LogP contribution in [0.3, 0.4) is 0 Å². The molecule has 3 fully saturated rings. The Morgan fingerprint density at radius 3 is 2.68 bits per heavy atom. The number of carbonyl (C=O) groups excluding carboxylic acids is 1. The van der Waals surface area contributed by atoms with Gasteiger partial charge >= 0.3 is 0 Å². The van der Waals surface area contributed by atoms with Crippen molar-refractivity contribution in [2.75, 3.05) is 0 Å². The van der Waals surface area contributed by atoms with Crippen LogP contribution in [0.4, 0.5) is 0 Å². The van der Waals surface area contributed by atoms with Gasteiger partial charge in [-0.2, -0.15) is 0 Å². The molecule has 0 aromatic rings. The van der Waals surface area contributed by atoms with E-state index in [1.807, 2.05) is 6.92 Å². The van der Waals surface area contributed by atoms with Crippen LogP contribution in [-0.2, 0) is 4.79 Å². The topological polar surface area (TPSA) is 57.5 Å². The molecule has 3 saturated carbocycles. The van der Waals surface area contributed by atoms with Crippen LogP contribution in [-0.4, -0.2) is 27.7 Å². The number of hydrogen-bond acceptors (Lipinski definition) is 3. The fourth-order valence-electron chi connectivity index (χ4n) is 6.37. The lowest BCUT2D eigenvalue weighted by Gasteiger charge is -2.59. The van der Waals surface area contributed by atoms with E-state index in [2.05, 4.69) is 13.0 Å². The largest absolute Gasteiger partial charge is 0.393 e. The predicted molar refractivity (Wildman–Crippen MR) is 84.2 cm³/mol. The summed E-state index contributed by atoms with van der Waals surface area (Å²) in [6, 6.07) is 0. The minimum absolute atomic E-state index is 0.116. The summed E-state index contributed by atoms with van der Waals surface area (Å²) in [5.41, 5.74) is 0.187. The molecular weight excluding hydrogens is 276 g/mol. The van der Waals surface area contributed by atoms with Crippen molar-refractivity contribution in [2.24, 2.45) is 22.7 Å². The van der Waals surface area contributed by atoms with Gasteiger partial charge in [0, 0.05) is 6.42 Å². The summed E-state index contributed by atoms with van der Waals surface area (Å²) in [4.78, 5) is 12.4. The highest BCUT2D eigenvalue weighted by Crippen LogP contribution is 2.65. The molecule has 0 radical (unpaired) electrons. The highest BCUT2D eigenvalue weighted by atomic mass is 16.3. The lowest BCUT2D eigenvalue weighted by Crippen LogP contribution is -2.60. The fourth-order valence-corrected chi connectivity index (χ4v) is 6.37. The van der Waals surface area contributed by atoms with Crippen molar-refractivity contribution in [3.63, 3.8) is 0 Å². The molecule has 0 saturated heterocycles. The zero-order chi connectivity index (χ0) is 15.8. The highest BCUT2D eigenvalue weighted by Gasteiger charge is 2.66. The minimum atomic E-state index is -0.811. The molecule has 0 bridgehead atoms. The number of ketones is 1. The van der Waals surface area contributed by atoms with E-state index in [0.29, 0.717) is 18.8 Å². The normalized spacial score (nSPS) is 54.3. The number of allylic oxidation sites excluding steroid dienone is 1. The van der Waals surface area contributed by atoms with E-state index in [9.17, 15) is 15.0 Å². The number of fused-ring (bicyclic) bond motifs is 5. The van der Waals surface area contributed by atoms with Crippen molar-refractivity contribution >= 4 is 5.78 Å². The molecule has 0 unspecified atom stereocenters. The second-order valence-electron chi connectivity index (χ2n) is 8.71. The molecular formula is C19H28O3. The first-order chi connectivity index (χ1) is 10.3.